The normalized spacial score (nSPS) is 23.5. The van der Waals surface area contributed by atoms with Gasteiger partial charge in [0, 0.05) is 51.6 Å². The monoisotopic (exact) mass is 261 g/mol. The number of amides is 1. The van der Waals surface area contributed by atoms with Gasteiger partial charge in [-0.1, -0.05) is 0 Å². The maximum Gasteiger partial charge on any atom is 0.237 e. The number of likely N-dealkylation sites (tertiary alicyclic amines) is 1. The van der Waals surface area contributed by atoms with Gasteiger partial charge >= 0.3 is 0 Å². The molecule has 0 aromatic heterocycles. The van der Waals surface area contributed by atoms with E-state index >= 15 is 0 Å². The van der Waals surface area contributed by atoms with Crippen LogP contribution in [0.25, 0.3) is 0 Å². The Morgan fingerprint density at radius 2 is 1.88 bits per heavy atom. The lowest BCUT2D eigenvalue weighted by Gasteiger charge is -2.46. The van der Waals surface area contributed by atoms with E-state index < -0.39 is 9.84 Å². The quantitative estimate of drug-likeness (QED) is 0.646. The Balaban J connectivity index is 1.76. The van der Waals surface area contributed by atoms with Crippen LogP contribution in [-0.2, 0) is 14.6 Å². The molecule has 2 heterocycles. The Morgan fingerprint density at radius 1 is 1.29 bits per heavy atom. The van der Waals surface area contributed by atoms with Gasteiger partial charge in [-0.05, 0) is 0 Å². The van der Waals surface area contributed by atoms with E-state index in [2.05, 4.69) is 10.2 Å². The van der Waals surface area contributed by atoms with Crippen molar-refractivity contribution in [3.8, 4) is 0 Å². The lowest BCUT2D eigenvalue weighted by Crippen LogP contribution is -2.64. The summed E-state index contributed by atoms with van der Waals surface area (Å²) in [5.41, 5.74) is 0. The summed E-state index contributed by atoms with van der Waals surface area (Å²) in [6.45, 7) is 5.36. The highest BCUT2D eigenvalue weighted by molar-refractivity contribution is 7.91. The van der Waals surface area contributed by atoms with Gasteiger partial charge in [0.1, 0.15) is 5.75 Å². The Bertz CT molecular complexity index is 384. The molecule has 7 heteroatoms. The molecular formula is C10H19N3O3S. The molecule has 0 unspecified atom stereocenters. The predicted molar refractivity (Wildman–Crippen MR) is 64.5 cm³/mol. The molecule has 2 aliphatic rings. The van der Waals surface area contributed by atoms with Crippen LogP contribution in [0.1, 0.15) is 0 Å². The number of sulfone groups is 1. The highest BCUT2D eigenvalue weighted by Gasteiger charge is 2.35. The summed E-state index contributed by atoms with van der Waals surface area (Å²) >= 11 is 0. The number of nitrogens with zero attached hydrogens (tertiary/aromatic N) is 2. The fourth-order valence-electron chi connectivity index (χ4n) is 2.25. The van der Waals surface area contributed by atoms with Gasteiger partial charge in [-0.15, -0.1) is 0 Å². The molecule has 17 heavy (non-hydrogen) atoms. The van der Waals surface area contributed by atoms with Crippen molar-refractivity contribution in [2.24, 2.45) is 0 Å². The summed E-state index contributed by atoms with van der Waals surface area (Å²) < 4.78 is 22.0. The minimum Gasteiger partial charge on any atom is -0.339 e. The molecule has 2 saturated heterocycles. The van der Waals surface area contributed by atoms with E-state index in [1.54, 1.807) is 4.90 Å². The van der Waals surface area contributed by atoms with Crippen LogP contribution >= 0.6 is 0 Å². The first-order valence-corrected chi connectivity index (χ1v) is 7.92. The van der Waals surface area contributed by atoms with Gasteiger partial charge in [-0.2, -0.15) is 0 Å². The van der Waals surface area contributed by atoms with Crippen LogP contribution in [0, 0.1) is 0 Å². The molecular weight excluding hydrogens is 242 g/mol. The molecule has 0 atom stereocenters. The molecule has 0 saturated carbocycles. The zero-order valence-electron chi connectivity index (χ0n) is 10.1. The Morgan fingerprint density at radius 3 is 2.41 bits per heavy atom. The van der Waals surface area contributed by atoms with Gasteiger partial charge < -0.3 is 10.2 Å². The number of hydrogen-bond acceptors (Lipinski definition) is 5. The lowest BCUT2D eigenvalue weighted by atomic mass is 10.1. The third-order valence-electron chi connectivity index (χ3n) is 3.27. The first-order chi connectivity index (χ1) is 7.96. The van der Waals surface area contributed by atoms with Crippen LogP contribution in [0.3, 0.4) is 0 Å². The number of rotatable bonds is 3. The van der Waals surface area contributed by atoms with E-state index in [0.29, 0.717) is 19.1 Å². The summed E-state index contributed by atoms with van der Waals surface area (Å²) in [6.07, 6.45) is 1.10. The average Bonchev–Trinajstić information content (AvgIpc) is 2.14. The van der Waals surface area contributed by atoms with Gasteiger partial charge in [0.25, 0.3) is 0 Å². The second-order valence-corrected chi connectivity index (χ2v) is 6.95. The first kappa shape index (κ1) is 12.8. The topological polar surface area (TPSA) is 69.7 Å². The van der Waals surface area contributed by atoms with Gasteiger partial charge in [0.15, 0.2) is 9.84 Å². The van der Waals surface area contributed by atoms with Crippen LogP contribution < -0.4 is 5.32 Å². The second-order valence-electron chi connectivity index (χ2n) is 4.81. The minimum absolute atomic E-state index is 0.265. The summed E-state index contributed by atoms with van der Waals surface area (Å²) in [5.74, 6) is -0.625. The van der Waals surface area contributed by atoms with Crippen LogP contribution in [0.5, 0.6) is 0 Å². The smallest absolute Gasteiger partial charge is 0.237 e. The summed E-state index contributed by atoms with van der Waals surface area (Å²) in [6, 6.07) is 0.417. The Hall–Kier alpha value is -0.660. The Labute approximate surface area is 102 Å². The summed E-state index contributed by atoms with van der Waals surface area (Å²) in [5, 5.41) is 3.28. The van der Waals surface area contributed by atoms with Crippen molar-refractivity contribution in [2.75, 3.05) is 51.3 Å². The fourth-order valence-corrected chi connectivity index (χ4v) is 2.88. The van der Waals surface area contributed by atoms with Crippen molar-refractivity contribution in [1.82, 2.24) is 15.1 Å². The van der Waals surface area contributed by atoms with E-state index in [0.717, 1.165) is 32.4 Å². The number of carbonyl (C=O) groups excluding carboxylic acids is 1. The minimum atomic E-state index is -3.20. The van der Waals surface area contributed by atoms with Crippen molar-refractivity contribution in [3.63, 3.8) is 0 Å². The third-order valence-corrected chi connectivity index (χ3v) is 4.04. The summed E-state index contributed by atoms with van der Waals surface area (Å²) in [7, 11) is -3.20. The van der Waals surface area contributed by atoms with Crippen molar-refractivity contribution in [1.29, 1.82) is 0 Å². The van der Waals surface area contributed by atoms with Crippen LogP contribution in [0.15, 0.2) is 0 Å². The highest BCUT2D eigenvalue weighted by atomic mass is 32.2. The van der Waals surface area contributed by atoms with Gasteiger partial charge in [0.05, 0.1) is 0 Å². The predicted octanol–water partition coefficient (Wildman–Crippen LogP) is -1.85. The molecule has 0 aromatic carbocycles. The van der Waals surface area contributed by atoms with E-state index in [4.69, 9.17) is 0 Å². The van der Waals surface area contributed by atoms with Crippen LogP contribution in [0.2, 0.25) is 0 Å². The fraction of sp³-hybridized carbons (Fsp3) is 0.900. The molecule has 2 aliphatic heterocycles. The molecule has 2 rings (SSSR count). The molecule has 0 aliphatic carbocycles. The molecule has 1 N–H and O–H groups in total. The standard InChI is InChI=1S/C10H19N3O3S/c1-17(15,16)8-10(14)13-6-9(7-13)12-4-2-11-3-5-12/h9,11H,2-8H2,1H3. The molecule has 2 fully saturated rings. The van der Waals surface area contributed by atoms with E-state index in [9.17, 15) is 13.2 Å². The van der Waals surface area contributed by atoms with Crippen molar-refractivity contribution in [3.05, 3.63) is 0 Å². The number of nitrogens with one attached hydrogen (secondary N) is 1. The van der Waals surface area contributed by atoms with Gasteiger partial charge in [-0.25, -0.2) is 8.42 Å². The zero-order valence-corrected chi connectivity index (χ0v) is 10.9. The molecule has 6 nitrogen and oxygen atoms in total. The van der Waals surface area contributed by atoms with Gasteiger partial charge in [-0.3, -0.25) is 9.69 Å². The molecule has 0 aromatic rings. The molecule has 98 valence electrons. The summed E-state index contributed by atoms with van der Waals surface area (Å²) in [4.78, 5) is 15.6. The molecule has 0 radical (unpaired) electrons. The zero-order chi connectivity index (χ0) is 12.5. The van der Waals surface area contributed by atoms with Crippen LogP contribution in [0.4, 0.5) is 0 Å². The molecule has 0 spiro atoms. The number of carbonyl (C=O) groups is 1. The second kappa shape index (κ2) is 4.91. The first-order valence-electron chi connectivity index (χ1n) is 5.86. The van der Waals surface area contributed by atoms with Crippen molar-refractivity contribution >= 4 is 15.7 Å². The van der Waals surface area contributed by atoms with Crippen molar-refractivity contribution in [2.45, 2.75) is 6.04 Å². The van der Waals surface area contributed by atoms with Crippen molar-refractivity contribution < 1.29 is 13.2 Å². The molecule has 1 amide bonds. The average molecular weight is 261 g/mol. The maximum atomic E-state index is 11.6. The van der Waals surface area contributed by atoms with E-state index in [1.165, 1.54) is 0 Å². The largest absolute Gasteiger partial charge is 0.339 e. The maximum absolute atomic E-state index is 11.6. The molecule has 0 bridgehead atoms. The highest BCUT2D eigenvalue weighted by Crippen LogP contribution is 2.15. The lowest BCUT2D eigenvalue weighted by molar-refractivity contribution is -0.135. The number of hydrogen-bond donors (Lipinski definition) is 1. The van der Waals surface area contributed by atoms with E-state index in [1.807, 2.05) is 0 Å². The number of piperazine rings is 1. The third kappa shape index (κ3) is 3.40. The SMILES string of the molecule is CS(=O)(=O)CC(=O)N1CC(N2CCNCC2)C1. The van der Waals surface area contributed by atoms with Gasteiger partial charge in [0.2, 0.25) is 5.91 Å². The van der Waals surface area contributed by atoms with Crippen LogP contribution in [-0.4, -0.2) is 81.4 Å². The Kier molecular flexibility index (Phi) is 3.70. The van der Waals surface area contributed by atoms with E-state index in [-0.39, 0.29) is 11.7 Å².